The first-order valence-corrected chi connectivity index (χ1v) is 7.28. The number of rotatable bonds is 2. The molecule has 0 atom stereocenters. The highest BCUT2D eigenvalue weighted by atomic mass is 16.5. The molecule has 0 aliphatic heterocycles. The van der Waals surface area contributed by atoms with Gasteiger partial charge in [0.2, 0.25) is 0 Å². The Kier molecular flexibility index (Phi) is 2.94. The number of pyridine rings is 1. The summed E-state index contributed by atoms with van der Waals surface area (Å²) < 4.78 is 5.34. The molecule has 23 heavy (non-hydrogen) atoms. The Hall–Kier alpha value is -3.08. The van der Waals surface area contributed by atoms with Crippen LogP contribution in [0.25, 0.3) is 32.6 Å². The second-order valence-corrected chi connectivity index (χ2v) is 5.50. The lowest BCUT2D eigenvalue weighted by atomic mass is 10.0. The number of nitrogens with zero attached hydrogens (tertiary/aromatic N) is 2. The van der Waals surface area contributed by atoms with Crippen LogP contribution in [0.1, 0.15) is 11.3 Å². The summed E-state index contributed by atoms with van der Waals surface area (Å²) in [6.45, 7) is 2.08. The summed E-state index contributed by atoms with van der Waals surface area (Å²) in [6.07, 6.45) is 3.09. The average Bonchev–Trinajstić information content (AvgIpc) is 2.94. The molecule has 114 valence electrons. The quantitative estimate of drug-likeness (QED) is 0.334. The van der Waals surface area contributed by atoms with Gasteiger partial charge in [0.15, 0.2) is 0 Å². The second-order valence-electron chi connectivity index (χ2n) is 5.50. The van der Waals surface area contributed by atoms with Crippen molar-refractivity contribution in [3.63, 3.8) is 0 Å². The molecule has 0 amide bonds. The van der Waals surface area contributed by atoms with E-state index in [4.69, 9.17) is 9.94 Å². The first kappa shape index (κ1) is 13.6. The number of H-pyrrole nitrogens is 1. The molecule has 0 unspecified atom stereocenters. The number of fused-ring (bicyclic) bond motifs is 4. The lowest BCUT2D eigenvalue weighted by Gasteiger charge is -2.06. The number of aromatic nitrogens is 2. The van der Waals surface area contributed by atoms with Gasteiger partial charge in [0.1, 0.15) is 5.75 Å². The van der Waals surface area contributed by atoms with Crippen LogP contribution in [0.2, 0.25) is 0 Å². The summed E-state index contributed by atoms with van der Waals surface area (Å²) >= 11 is 0. The van der Waals surface area contributed by atoms with Gasteiger partial charge in [-0.1, -0.05) is 5.16 Å². The minimum Gasteiger partial charge on any atom is -0.497 e. The molecule has 0 saturated heterocycles. The van der Waals surface area contributed by atoms with Gasteiger partial charge in [-0.15, -0.1) is 0 Å². The number of hydrogen-bond donors (Lipinski definition) is 2. The van der Waals surface area contributed by atoms with E-state index in [1.807, 2.05) is 24.3 Å². The maximum Gasteiger partial charge on any atom is 0.119 e. The van der Waals surface area contributed by atoms with E-state index >= 15 is 0 Å². The third-order valence-electron chi connectivity index (χ3n) is 4.31. The molecule has 2 heterocycles. The third kappa shape index (κ3) is 1.93. The van der Waals surface area contributed by atoms with Gasteiger partial charge >= 0.3 is 0 Å². The van der Waals surface area contributed by atoms with Gasteiger partial charge in [-0.05, 0) is 48.2 Å². The van der Waals surface area contributed by atoms with Gasteiger partial charge in [-0.2, -0.15) is 0 Å². The zero-order chi connectivity index (χ0) is 16.0. The summed E-state index contributed by atoms with van der Waals surface area (Å²) in [7, 11) is 1.66. The molecule has 2 aromatic heterocycles. The van der Waals surface area contributed by atoms with E-state index in [2.05, 4.69) is 28.1 Å². The monoisotopic (exact) mass is 305 g/mol. The molecule has 0 fully saturated rings. The molecule has 2 aromatic carbocycles. The van der Waals surface area contributed by atoms with Crippen molar-refractivity contribution >= 4 is 38.8 Å². The number of aromatic amines is 1. The van der Waals surface area contributed by atoms with Crippen LogP contribution >= 0.6 is 0 Å². The van der Waals surface area contributed by atoms with Gasteiger partial charge in [-0.3, -0.25) is 4.98 Å². The highest BCUT2D eigenvalue weighted by molar-refractivity contribution is 6.15. The normalized spacial score (nSPS) is 11.9. The largest absolute Gasteiger partial charge is 0.497 e. The van der Waals surface area contributed by atoms with E-state index in [1.54, 1.807) is 13.3 Å². The Balaban J connectivity index is 2.19. The summed E-state index contributed by atoms with van der Waals surface area (Å²) in [4.78, 5) is 7.78. The number of benzene rings is 2. The minimum atomic E-state index is 0.646. The summed E-state index contributed by atoms with van der Waals surface area (Å²) in [5, 5.41) is 16.2. The van der Waals surface area contributed by atoms with Crippen molar-refractivity contribution in [2.45, 2.75) is 6.92 Å². The molecule has 2 N–H and O–H groups in total. The van der Waals surface area contributed by atoms with Crippen molar-refractivity contribution in [3.05, 3.63) is 47.8 Å². The van der Waals surface area contributed by atoms with Crippen molar-refractivity contribution in [1.29, 1.82) is 0 Å². The molecule has 5 nitrogen and oxygen atoms in total. The SMILES string of the molecule is COc1ccc2[nH]c3c(C)c4ccnc(C=NO)c4cc3c2c1. The molecule has 0 aliphatic carbocycles. The van der Waals surface area contributed by atoms with Crippen molar-refractivity contribution in [2.24, 2.45) is 5.16 Å². The predicted molar refractivity (Wildman–Crippen MR) is 91.8 cm³/mol. The molecule has 0 bridgehead atoms. The van der Waals surface area contributed by atoms with Crippen LogP contribution in [0, 0.1) is 6.92 Å². The van der Waals surface area contributed by atoms with E-state index in [0.717, 1.165) is 43.9 Å². The molecule has 0 radical (unpaired) electrons. The van der Waals surface area contributed by atoms with Gasteiger partial charge in [0, 0.05) is 27.9 Å². The van der Waals surface area contributed by atoms with E-state index < -0.39 is 0 Å². The molecule has 4 rings (SSSR count). The zero-order valence-electron chi connectivity index (χ0n) is 12.8. The van der Waals surface area contributed by atoms with Crippen LogP contribution in [0.15, 0.2) is 41.7 Å². The van der Waals surface area contributed by atoms with Crippen LogP contribution < -0.4 is 4.74 Å². The highest BCUT2D eigenvalue weighted by Crippen LogP contribution is 2.34. The Morgan fingerprint density at radius 2 is 2.00 bits per heavy atom. The molecule has 0 spiro atoms. The van der Waals surface area contributed by atoms with Crippen LogP contribution in [0.5, 0.6) is 5.75 Å². The van der Waals surface area contributed by atoms with E-state index in [0.29, 0.717) is 5.69 Å². The molecule has 5 heteroatoms. The Morgan fingerprint density at radius 1 is 1.13 bits per heavy atom. The number of methoxy groups -OCH3 is 1. The van der Waals surface area contributed by atoms with Crippen molar-refractivity contribution < 1.29 is 9.94 Å². The van der Waals surface area contributed by atoms with Crippen LogP contribution in [0.4, 0.5) is 0 Å². The number of oxime groups is 1. The average molecular weight is 305 g/mol. The Labute approximate surface area is 132 Å². The third-order valence-corrected chi connectivity index (χ3v) is 4.31. The van der Waals surface area contributed by atoms with Gasteiger partial charge in [0.25, 0.3) is 0 Å². The second kappa shape index (κ2) is 4.98. The van der Waals surface area contributed by atoms with Crippen molar-refractivity contribution in [3.8, 4) is 5.75 Å². The zero-order valence-corrected chi connectivity index (χ0v) is 12.8. The summed E-state index contributed by atoms with van der Waals surface area (Å²) in [5.74, 6) is 0.819. The number of nitrogens with one attached hydrogen (secondary N) is 1. The van der Waals surface area contributed by atoms with Crippen molar-refractivity contribution in [2.75, 3.05) is 7.11 Å². The van der Waals surface area contributed by atoms with Crippen molar-refractivity contribution in [1.82, 2.24) is 9.97 Å². The predicted octanol–water partition coefficient (Wildman–Crippen LogP) is 3.99. The molecule has 4 aromatic rings. The van der Waals surface area contributed by atoms with Crippen LogP contribution in [0.3, 0.4) is 0 Å². The van der Waals surface area contributed by atoms with E-state index in [9.17, 15) is 0 Å². The fraction of sp³-hybridized carbons (Fsp3) is 0.111. The maximum atomic E-state index is 8.87. The van der Waals surface area contributed by atoms with Crippen LogP contribution in [-0.4, -0.2) is 28.5 Å². The molecule has 0 aliphatic rings. The topological polar surface area (TPSA) is 70.5 Å². The lowest BCUT2D eigenvalue weighted by molar-refractivity contribution is 0.321. The first-order chi connectivity index (χ1) is 11.2. The summed E-state index contributed by atoms with van der Waals surface area (Å²) in [6, 6.07) is 10.0. The van der Waals surface area contributed by atoms with Gasteiger partial charge in [0.05, 0.1) is 24.5 Å². The van der Waals surface area contributed by atoms with Gasteiger partial charge in [-0.25, -0.2) is 0 Å². The van der Waals surface area contributed by atoms with E-state index in [1.165, 1.54) is 6.21 Å². The number of aryl methyl sites for hydroxylation is 1. The fourth-order valence-electron chi connectivity index (χ4n) is 3.17. The summed E-state index contributed by atoms with van der Waals surface area (Å²) in [5.41, 5.74) is 3.94. The smallest absolute Gasteiger partial charge is 0.119 e. The molecular formula is C18H15N3O2. The highest BCUT2D eigenvalue weighted by Gasteiger charge is 2.12. The lowest BCUT2D eigenvalue weighted by Crippen LogP contribution is -1.91. The minimum absolute atomic E-state index is 0.646. The molecule has 0 saturated carbocycles. The van der Waals surface area contributed by atoms with E-state index in [-0.39, 0.29) is 0 Å². The van der Waals surface area contributed by atoms with Gasteiger partial charge < -0.3 is 14.9 Å². The number of hydrogen-bond acceptors (Lipinski definition) is 4. The maximum absolute atomic E-state index is 8.87. The Morgan fingerprint density at radius 3 is 2.78 bits per heavy atom. The number of ether oxygens (including phenoxy) is 1. The standard InChI is InChI=1S/C18H15N3O2/c1-10-12-5-6-19-17(9-20-22)14(12)8-15-13-7-11(23-2)3-4-16(13)21-18(10)15/h3-9,21-22H,1-2H3. The fourth-order valence-corrected chi connectivity index (χ4v) is 3.17. The first-order valence-electron chi connectivity index (χ1n) is 7.28. The Bertz CT molecular complexity index is 1080. The molecular weight excluding hydrogens is 290 g/mol. The van der Waals surface area contributed by atoms with Crippen LogP contribution in [-0.2, 0) is 0 Å².